The van der Waals surface area contributed by atoms with Crippen molar-refractivity contribution < 1.29 is 13.2 Å². The summed E-state index contributed by atoms with van der Waals surface area (Å²) >= 11 is 0. The molecule has 1 aromatic rings. The molecule has 0 aliphatic carbocycles. The first-order chi connectivity index (χ1) is 6.55. The van der Waals surface area contributed by atoms with E-state index in [9.17, 15) is 13.2 Å². The second kappa shape index (κ2) is 4.41. The summed E-state index contributed by atoms with van der Waals surface area (Å²) in [4.78, 5) is 3.68. The van der Waals surface area contributed by atoms with Gasteiger partial charge in [0.15, 0.2) is 0 Å². The second-order valence-electron chi connectivity index (χ2n) is 2.79. The molecule has 0 amide bonds. The minimum absolute atomic E-state index is 0.00171. The lowest BCUT2D eigenvalue weighted by Gasteiger charge is -2.20. The summed E-state index contributed by atoms with van der Waals surface area (Å²) in [7, 11) is 0. The molecule has 1 aromatic heterocycles. The van der Waals surface area contributed by atoms with Gasteiger partial charge in [0.05, 0.1) is 5.69 Å². The molecule has 1 atom stereocenters. The fourth-order valence-electron chi connectivity index (χ4n) is 1.14. The lowest BCUT2D eigenvalue weighted by molar-refractivity contribution is -0.158. The number of nitrogens with one attached hydrogen (secondary N) is 1. The van der Waals surface area contributed by atoms with E-state index in [2.05, 4.69) is 10.3 Å². The van der Waals surface area contributed by atoms with Gasteiger partial charge in [0.2, 0.25) is 0 Å². The maximum atomic E-state index is 12.5. The molecule has 2 nitrogen and oxygen atoms in total. The quantitative estimate of drug-likeness (QED) is 0.817. The van der Waals surface area contributed by atoms with Crippen molar-refractivity contribution in [2.45, 2.75) is 19.1 Å². The van der Waals surface area contributed by atoms with E-state index in [-0.39, 0.29) is 12.2 Å². The van der Waals surface area contributed by atoms with Crippen LogP contribution in [0.1, 0.15) is 18.7 Å². The number of hydrogen-bond donors (Lipinski definition) is 1. The second-order valence-corrected chi connectivity index (χ2v) is 2.79. The Morgan fingerprint density at radius 2 is 2.14 bits per heavy atom. The number of nitrogens with zero attached hydrogens (tertiary/aromatic N) is 1. The molecule has 14 heavy (non-hydrogen) atoms. The van der Waals surface area contributed by atoms with Gasteiger partial charge in [-0.3, -0.25) is 4.98 Å². The maximum absolute atomic E-state index is 12.5. The summed E-state index contributed by atoms with van der Waals surface area (Å²) in [5.41, 5.74) is 0.00171. The maximum Gasteiger partial charge on any atom is 0.409 e. The number of aromatic nitrogens is 1. The molecule has 1 unspecified atom stereocenters. The highest BCUT2D eigenvalue weighted by Crippen LogP contribution is 2.31. The van der Waals surface area contributed by atoms with E-state index >= 15 is 0 Å². The van der Waals surface area contributed by atoms with Gasteiger partial charge in [-0.1, -0.05) is 13.0 Å². The summed E-state index contributed by atoms with van der Waals surface area (Å²) < 4.78 is 37.5. The van der Waals surface area contributed by atoms with E-state index in [1.54, 1.807) is 19.1 Å². The van der Waals surface area contributed by atoms with Gasteiger partial charge in [0.25, 0.3) is 0 Å². The van der Waals surface area contributed by atoms with E-state index in [4.69, 9.17) is 0 Å². The molecule has 0 radical (unpaired) electrons. The minimum Gasteiger partial charge on any atom is -0.301 e. The first kappa shape index (κ1) is 11.0. The van der Waals surface area contributed by atoms with Crippen LogP contribution in [0.5, 0.6) is 0 Å². The molecule has 0 aliphatic heterocycles. The lowest BCUT2D eigenvalue weighted by Crippen LogP contribution is -2.34. The SMILES string of the molecule is CCNC(c1ccccn1)C(F)(F)F. The summed E-state index contributed by atoms with van der Waals surface area (Å²) in [5, 5.41) is 2.35. The van der Waals surface area contributed by atoms with Gasteiger partial charge in [0, 0.05) is 6.20 Å². The van der Waals surface area contributed by atoms with Crippen LogP contribution in [0.4, 0.5) is 13.2 Å². The highest BCUT2D eigenvalue weighted by atomic mass is 19.4. The zero-order chi connectivity index (χ0) is 10.6. The molecular formula is C9H11F3N2. The molecule has 78 valence electrons. The number of hydrogen-bond acceptors (Lipinski definition) is 2. The molecule has 0 fully saturated rings. The Morgan fingerprint density at radius 1 is 1.43 bits per heavy atom. The Labute approximate surface area is 80.2 Å². The van der Waals surface area contributed by atoms with Crippen LogP contribution in [0.15, 0.2) is 24.4 Å². The first-order valence-corrected chi connectivity index (χ1v) is 4.26. The molecule has 0 aromatic carbocycles. The smallest absolute Gasteiger partial charge is 0.301 e. The van der Waals surface area contributed by atoms with Gasteiger partial charge in [0.1, 0.15) is 6.04 Å². The van der Waals surface area contributed by atoms with Crippen LogP contribution in [0.2, 0.25) is 0 Å². The van der Waals surface area contributed by atoms with Crippen molar-refractivity contribution in [2.75, 3.05) is 6.54 Å². The standard InChI is InChI=1S/C9H11F3N2/c1-2-13-8(9(10,11)12)7-5-3-4-6-14-7/h3-6,8,13H,2H2,1H3. The highest BCUT2D eigenvalue weighted by Gasteiger charge is 2.40. The van der Waals surface area contributed by atoms with Crippen LogP contribution >= 0.6 is 0 Å². The van der Waals surface area contributed by atoms with Gasteiger partial charge in [-0.25, -0.2) is 0 Å². The third kappa shape index (κ3) is 2.70. The highest BCUT2D eigenvalue weighted by molar-refractivity contribution is 5.10. The zero-order valence-electron chi connectivity index (χ0n) is 7.67. The van der Waals surface area contributed by atoms with E-state index < -0.39 is 12.2 Å². The lowest BCUT2D eigenvalue weighted by atomic mass is 10.2. The van der Waals surface area contributed by atoms with E-state index in [0.717, 1.165) is 0 Å². The number of alkyl halides is 3. The van der Waals surface area contributed by atoms with Crippen molar-refractivity contribution in [1.29, 1.82) is 0 Å². The van der Waals surface area contributed by atoms with Gasteiger partial charge >= 0.3 is 6.18 Å². The average Bonchev–Trinajstić information content (AvgIpc) is 2.14. The van der Waals surface area contributed by atoms with Crippen molar-refractivity contribution in [1.82, 2.24) is 10.3 Å². The Balaban J connectivity index is 2.89. The minimum atomic E-state index is -4.30. The average molecular weight is 204 g/mol. The largest absolute Gasteiger partial charge is 0.409 e. The van der Waals surface area contributed by atoms with Gasteiger partial charge in [-0.2, -0.15) is 13.2 Å². The summed E-state index contributed by atoms with van der Waals surface area (Å²) in [5.74, 6) is 0. The monoisotopic (exact) mass is 204 g/mol. The number of rotatable bonds is 3. The normalized spacial score (nSPS) is 14.0. The molecule has 5 heteroatoms. The molecular weight excluding hydrogens is 193 g/mol. The molecule has 0 saturated carbocycles. The summed E-state index contributed by atoms with van der Waals surface area (Å²) in [6.45, 7) is 1.88. The van der Waals surface area contributed by atoms with Crippen LogP contribution in [-0.2, 0) is 0 Å². The predicted molar refractivity (Wildman–Crippen MR) is 46.7 cm³/mol. The topological polar surface area (TPSA) is 24.9 Å². The van der Waals surface area contributed by atoms with Crippen molar-refractivity contribution >= 4 is 0 Å². The van der Waals surface area contributed by atoms with Crippen molar-refractivity contribution in [3.05, 3.63) is 30.1 Å². The van der Waals surface area contributed by atoms with E-state index in [0.29, 0.717) is 0 Å². The Morgan fingerprint density at radius 3 is 2.57 bits per heavy atom. The van der Waals surface area contributed by atoms with E-state index in [1.165, 1.54) is 12.3 Å². The Hall–Kier alpha value is -1.10. The van der Waals surface area contributed by atoms with Crippen molar-refractivity contribution in [2.24, 2.45) is 0 Å². The van der Waals surface area contributed by atoms with E-state index in [1.807, 2.05) is 0 Å². The van der Waals surface area contributed by atoms with Crippen molar-refractivity contribution in [3.8, 4) is 0 Å². The predicted octanol–water partition coefficient (Wildman–Crippen LogP) is 2.29. The number of halogens is 3. The van der Waals surface area contributed by atoms with Gasteiger partial charge in [-0.15, -0.1) is 0 Å². The third-order valence-corrected chi connectivity index (χ3v) is 1.72. The summed E-state index contributed by atoms with van der Waals surface area (Å²) in [6, 6.07) is 2.82. The first-order valence-electron chi connectivity index (χ1n) is 4.26. The summed E-state index contributed by atoms with van der Waals surface area (Å²) in [6.07, 6.45) is -2.95. The molecule has 1 rings (SSSR count). The van der Waals surface area contributed by atoms with Crippen LogP contribution in [0.25, 0.3) is 0 Å². The Bertz CT molecular complexity index is 271. The third-order valence-electron chi connectivity index (χ3n) is 1.72. The van der Waals surface area contributed by atoms with Crippen LogP contribution in [0, 0.1) is 0 Å². The fraction of sp³-hybridized carbons (Fsp3) is 0.444. The van der Waals surface area contributed by atoms with Crippen LogP contribution < -0.4 is 5.32 Å². The van der Waals surface area contributed by atoms with Gasteiger partial charge < -0.3 is 5.32 Å². The molecule has 1 heterocycles. The van der Waals surface area contributed by atoms with Gasteiger partial charge in [-0.05, 0) is 18.7 Å². The molecule has 1 N–H and O–H groups in total. The molecule has 0 bridgehead atoms. The van der Waals surface area contributed by atoms with Crippen molar-refractivity contribution in [3.63, 3.8) is 0 Å². The Kier molecular flexibility index (Phi) is 3.46. The molecule has 0 saturated heterocycles. The zero-order valence-corrected chi connectivity index (χ0v) is 7.67. The number of pyridine rings is 1. The van der Waals surface area contributed by atoms with Crippen LogP contribution in [-0.4, -0.2) is 17.7 Å². The fourth-order valence-corrected chi connectivity index (χ4v) is 1.14. The molecule has 0 aliphatic rings. The van der Waals surface area contributed by atoms with Crippen LogP contribution in [0.3, 0.4) is 0 Å². The molecule has 0 spiro atoms.